The zero-order chi connectivity index (χ0) is 16.6. The Labute approximate surface area is 146 Å². The molecule has 1 unspecified atom stereocenters. The van der Waals surface area contributed by atoms with E-state index in [1.165, 1.54) is 0 Å². The van der Waals surface area contributed by atoms with Crippen molar-refractivity contribution in [3.8, 4) is 0 Å². The number of benzene rings is 2. The van der Waals surface area contributed by atoms with E-state index in [1.807, 2.05) is 48.5 Å². The first-order valence-corrected chi connectivity index (χ1v) is 8.98. The molecule has 1 saturated heterocycles. The Bertz CT molecular complexity index is 636. The number of carbonyl (C=O) groups excluding carboxylic acids is 1. The minimum Gasteiger partial charge on any atom is -0.445 e. The van der Waals surface area contributed by atoms with Gasteiger partial charge in [-0.25, -0.2) is 4.79 Å². The number of thioether (sulfide) groups is 1. The summed E-state index contributed by atoms with van der Waals surface area (Å²) in [5.74, 6) is 0. The first-order valence-electron chi connectivity index (χ1n) is 8.10. The molecule has 0 N–H and O–H groups in total. The molecule has 0 aliphatic carbocycles. The Kier molecular flexibility index (Phi) is 6.15. The Morgan fingerprint density at radius 2 is 1.83 bits per heavy atom. The summed E-state index contributed by atoms with van der Waals surface area (Å²) in [6, 6.07) is 19.8. The third-order valence-electron chi connectivity index (χ3n) is 3.72. The molecule has 0 saturated carbocycles. The van der Waals surface area contributed by atoms with Crippen LogP contribution in [0.4, 0.5) is 4.79 Å². The molecule has 24 heavy (non-hydrogen) atoms. The normalized spacial score (nSPS) is 18.0. The van der Waals surface area contributed by atoms with Crippen molar-refractivity contribution in [3.05, 3.63) is 66.2 Å². The molecule has 4 nitrogen and oxygen atoms in total. The van der Waals surface area contributed by atoms with E-state index in [1.54, 1.807) is 16.7 Å². The van der Waals surface area contributed by atoms with Gasteiger partial charge in [0.15, 0.2) is 0 Å². The second kappa shape index (κ2) is 8.76. The van der Waals surface area contributed by atoms with Crippen LogP contribution < -0.4 is 0 Å². The summed E-state index contributed by atoms with van der Waals surface area (Å²) in [5.41, 5.74) is 0.923. The minimum atomic E-state index is -0.275. The molecule has 2 aromatic rings. The molecular weight excluding hydrogens is 322 g/mol. The van der Waals surface area contributed by atoms with Gasteiger partial charge in [-0.05, 0) is 24.1 Å². The van der Waals surface area contributed by atoms with Crippen molar-refractivity contribution >= 4 is 17.9 Å². The SMILES string of the molecule is O=C(OCc1ccccc1)N1CCCOC(Sc2ccccc2)C1. The summed E-state index contributed by atoms with van der Waals surface area (Å²) >= 11 is 1.64. The Morgan fingerprint density at radius 1 is 1.12 bits per heavy atom. The van der Waals surface area contributed by atoms with Crippen LogP contribution in [0, 0.1) is 0 Å². The molecule has 1 amide bonds. The predicted molar refractivity (Wildman–Crippen MR) is 94.9 cm³/mol. The molecule has 0 aromatic heterocycles. The van der Waals surface area contributed by atoms with Gasteiger partial charge in [0, 0.05) is 18.0 Å². The summed E-state index contributed by atoms with van der Waals surface area (Å²) in [4.78, 5) is 15.2. The van der Waals surface area contributed by atoms with E-state index in [0.29, 0.717) is 26.3 Å². The fraction of sp³-hybridized carbons (Fsp3) is 0.316. The lowest BCUT2D eigenvalue weighted by atomic mass is 10.2. The summed E-state index contributed by atoms with van der Waals surface area (Å²) < 4.78 is 11.3. The molecular formula is C19H21NO3S. The quantitative estimate of drug-likeness (QED) is 0.835. The van der Waals surface area contributed by atoms with Crippen molar-refractivity contribution in [3.63, 3.8) is 0 Å². The molecule has 1 fully saturated rings. The smallest absolute Gasteiger partial charge is 0.410 e. The minimum absolute atomic E-state index is 0.0702. The maximum Gasteiger partial charge on any atom is 0.410 e. The van der Waals surface area contributed by atoms with Crippen LogP contribution in [0.3, 0.4) is 0 Å². The first kappa shape index (κ1) is 16.9. The average molecular weight is 343 g/mol. The van der Waals surface area contributed by atoms with Gasteiger partial charge in [0.25, 0.3) is 0 Å². The van der Waals surface area contributed by atoms with Crippen LogP contribution in [0.1, 0.15) is 12.0 Å². The molecule has 1 heterocycles. The van der Waals surface area contributed by atoms with Crippen molar-refractivity contribution in [2.75, 3.05) is 19.7 Å². The molecule has 1 aliphatic rings. The molecule has 0 bridgehead atoms. The van der Waals surface area contributed by atoms with E-state index in [9.17, 15) is 4.79 Å². The van der Waals surface area contributed by atoms with Crippen LogP contribution in [0.5, 0.6) is 0 Å². The largest absolute Gasteiger partial charge is 0.445 e. The average Bonchev–Trinajstić information content (AvgIpc) is 2.87. The molecule has 5 heteroatoms. The molecule has 126 valence electrons. The molecule has 1 aliphatic heterocycles. The Hall–Kier alpha value is -1.98. The second-order valence-electron chi connectivity index (χ2n) is 5.57. The predicted octanol–water partition coefficient (Wildman–Crippen LogP) is 4.16. The Balaban J connectivity index is 1.54. The van der Waals surface area contributed by atoms with E-state index in [-0.39, 0.29) is 11.5 Å². The van der Waals surface area contributed by atoms with Crippen molar-refractivity contribution in [2.45, 2.75) is 23.4 Å². The molecule has 0 spiro atoms. The number of hydrogen-bond acceptors (Lipinski definition) is 4. The third-order valence-corrected chi connectivity index (χ3v) is 4.81. The summed E-state index contributed by atoms with van der Waals surface area (Å²) in [6.45, 7) is 2.16. The highest BCUT2D eigenvalue weighted by Crippen LogP contribution is 2.26. The number of hydrogen-bond donors (Lipinski definition) is 0. The number of ether oxygens (including phenoxy) is 2. The molecule has 3 rings (SSSR count). The third kappa shape index (κ3) is 5.01. The van der Waals surface area contributed by atoms with Gasteiger partial charge in [0.05, 0.1) is 6.54 Å². The van der Waals surface area contributed by atoms with Crippen molar-refractivity contribution in [2.24, 2.45) is 0 Å². The Morgan fingerprint density at radius 3 is 2.58 bits per heavy atom. The van der Waals surface area contributed by atoms with Crippen LogP contribution >= 0.6 is 11.8 Å². The van der Waals surface area contributed by atoms with Crippen LogP contribution in [0.25, 0.3) is 0 Å². The highest BCUT2D eigenvalue weighted by molar-refractivity contribution is 7.99. The summed E-state index contributed by atoms with van der Waals surface area (Å²) in [7, 11) is 0. The number of nitrogens with zero attached hydrogens (tertiary/aromatic N) is 1. The van der Waals surface area contributed by atoms with E-state index in [2.05, 4.69) is 12.1 Å². The number of rotatable bonds is 4. The zero-order valence-electron chi connectivity index (χ0n) is 13.5. The van der Waals surface area contributed by atoms with Crippen LogP contribution in [-0.4, -0.2) is 36.1 Å². The van der Waals surface area contributed by atoms with E-state index in [0.717, 1.165) is 16.9 Å². The lowest BCUT2D eigenvalue weighted by Crippen LogP contribution is -2.36. The lowest BCUT2D eigenvalue weighted by Gasteiger charge is -2.23. The van der Waals surface area contributed by atoms with Gasteiger partial charge < -0.3 is 14.4 Å². The number of carbonyl (C=O) groups is 1. The lowest BCUT2D eigenvalue weighted by molar-refractivity contribution is 0.0848. The van der Waals surface area contributed by atoms with E-state index < -0.39 is 0 Å². The van der Waals surface area contributed by atoms with Crippen molar-refractivity contribution < 1.29 is 14.3 Å². The summed E-state index contributed by atoms with van der Waals surface area (Å²) in [6.07, 6.45) is 0.551. The highest BCUT2D eigenvalue weighted by Gasteiger charge is 2.24. The van der Waals surface area contributed by atoms with Gasteiger partial charge >= 0.3 is 6.09 Å². The monoisotopic (exact) mass is 343 g/mol. The van der Waals surface area contributed by atoms with Gasteiger partial charge in [-0.2, -0.15) is 0 Å². The maximum absolute atomic E-state index is 12.4. The van der Waals surface area contributed by atoms with Crippen molar-refractivity contribution in [1.29, 1.82) is 0 Å². The standard InChI is InChI=1S/C19H21NO3S/c21-19(23-15-16-8-3-1-4-9-16)20-12-7-13-22-18(14-20)24-17-10-5-2-6-11-17/h1-6,8-11,18H,7,12-15H2. The second-order valence-corrected chi connectivity index (χ2v) is 6.80. The summed E-state index contributed by atoms with van der Waals surface area (Å²) in [5, 5.41) is 0. The molecule has 1 atom stereocenters. The first-order chi connectivity index (χ1) is 11.8. The van der Waals surface area contributed by atoms with Crippen LogP contribution in [0.15, 0.2) is 65.6 Å². The van der Waals surface area contributed by atoms with Gasteiger partial charge in [-0.1, -0.05) is 60.3 Å². The maximum atomic E-state index is 12.4. The van der Waals surface area contributed by atoms with Crippen LogP contribution in [0.2, 0.25) is 0 Å². The van der Waals surface area contributed by atoms with Crippen molar-refractivity contribution in [1.82, 2.24) is 4.90 Å². The fourth-order valence-electron chi connectivity index (χ4n) is 2.49. The molecule has 2 aromatic carbocycles. The van der Waals surface area contributed by atoms with E-state index in [4.69, 9.17) is 9.47 Å². The van der Waals surface area contributed by atoms with Gasteiger partial charge in [0.2, 0.25) is 0 Å². The van der Waals surface area contributed by atoms with E-state index >= 15 is 0 Å². The van der Waals surface area contributed by atoms with Gasteiger partial charge in [0.1, 0.15) is 12.0 Å². The number of amides is 1. The molecule has 0 radical (unpaired) electrons. The van der Waals surface area contributed by atoms with Gasteiger partial charge in [-0.3, -0.25) is 0 Å². The fourth-order valence-corrected chi connectivity index (χ4v) is 3.53. The highest BCUT2D eigenvalue weighted by atomic mass is 32.2. The zero-order valence-corrected chi connectivity index (χ0v) is 14.3. The van der Waals surface area contributed by atoms with Gasteiger partial charge in [-0.15, -0.1) is 0 Å². The topological polar surface area (TPSA) is 38.8 Å². The van der Waals surface area contributed by atoms with Crippen LogP contribution in [-0.2, 0) is 16.1 Å².